The van der Waals surface area contributed by atoms with E-state index in [-0.39, 0.29) is 13.2 Å². The lowest BCUT2D eigenvalue weighted by molar-refractivity contribution is -0.156. The molecule has 1 amide bonds. The summed E-state index contributed by atoms with van der Waals surface area (Å²) < 4.78 is 16.2. The van der Waals surface area contributed by atoms with E-state index in [0.29, 0.717) is 17.4 Å². The molecule has 2 aromatic rings. The van der Waals surface area contributed by atoms with Crippen LogP contribution in [-0.2, 0) is 14.3 Å². The Balaban J connectivity index is 1.53. The number of benzene rings is 2. The summed E-state index contributed by atoms with van der Waals surface area (Å²) in [5.74, 6) is 0.363. The molecule has 0 saturated heterocycles. The highest BCUT2D eigenvalue weighted by atomic mass is 16.6. The molecule has 0 fully saturated rings. The van der Waals surface area contributed by atoms with Gasteiger partial charge < -0.3 is 19.5 Å². The van der Waals surface area contributed by atoms with Crippen LogP contribution in [-0.4, -0.2) is 31.2 Å². The van der Waals surface area contributed by atoms with Gasteiger partial charge in [0.15, 0.2) is 18.1 Å². The SMILES string of the molecule is CC[C@@H](C)c1ccccc1NC(=O)COC(=O)[C@@H]1COc2ccccc2O1. The van der Waals surface area contributed by atoms with Crippen molar-refractivity contribution < 1.29 is 23.8 Å². The molecule has 0 unspecified atom stereocenters. The molecule has 1 heterocycles. The van der Waals surface area contributed by atoms with Crippen LogP contribution in [0.3, 0.4) is 0 Å². The van der Waals surface area contributed by atoms with Gasteiger partial charge in [-0.2, -0.15) is 0 Å². The maximum Gasteiger partial charge on any atom is 0.351 e. The van der Waals surface area contributed by atoms with E-state index in [0.717, 1.165) is 17.7 Å². The number of hydrogen-bond acceptors (Lipinski definition) is 5. The Labute approximate surface area is 158 Å². The van der Waals surface area contributed by atoms with Gasteiger partial charge in [0.25, 0.3) is 5.91 Å². The van der Waals surface area contributed by atoms with Crippen LogP contribution >= 0.6 is 0 Å². The lowest BCUT2D eigenvalue weighted by atomic mass is 9.97. The zero-order valence-corrected chi connectivity index (χ0v) is 15.4. The number of ether oxygens (including phenoxy) is 3. The first-order valence-electron chi connectivity index (χ1n) is 9.02. The molecule has 0 bridgehead atoms. The van der Waals surface area contributed by atoms with E-state index in [2.05, 4.69) is 19.2 Å². The topological polar surface area (TPSA) is 73.9 Å². The van der Waals surface area contributed by atoms with Crippen LogP contribution in [0.1, 0.15) is 31.7 Å². The van der Waals surface area contributed by atoms with Crippen molar-refractivity contribution in [2.45, 2.75) is 32.3 Å². The Morgan fingerprint density at radius 2 is 1.85 bits per heavy atom. The van der Waals surface area contributed by atoms with Gasteiger partial charge in [0.2, 0.25) is 6.10 Å². The van der Waals surface area contributed by atoms with E-state index >= 15 is 0 Å². The monoisotopic (exact) mass is 369 g/mol. The molecule has 142 valence electrons. The third kappa shape index (κ3) is 4.58. The van der Waals surface area contributed by atoms with E-state index in [4.69, 9.17) is 14.2 Å². The van der Waals surface area contributed by atoms with Crippen molar-refractivity contribution in [2.75, 3.05) is 18.5 Å². The number of fused-ring (bicyclic) bond motifs is 1. The van der Waals surface area contributed by atoms with Crippen LogP contribution in [0.2, 0.25) is 0 Å². The molecule has 1 aliphatic rings. The van der Waals surface area contributed by atoms with E-state index in [9.17, 15) is 9.59 Å². The van der Waals surface area contributed by atoms with E-state index < -0.39 is 18.0 Å². The van der Waals surface area contributed by atoms with Crippen molar-refractivity contribution in [3.63, 3.8) is 0 Å². The molecule has 3 rings (SSSR count). The molecule has 2 atom stereocenters. The fourth-order valence-electron chi connectivity index (χ4n) is 2.81. The number of carbonyl (C=O) groups excluding carboxylic acids is 2. The lowest BCUT2D eigenvalue weighted by Gasteiger charge is -2.24. The number of carbonyl (C=O) groups is 2. The minimum Gasteiger partial charge on any atom is -0.485 e. The number of anilines is 1. The van der Waals surface area contributed by atoms with Crippen molar-refractivity contribution in [3.8, 4) is 11.5 Å². The summed E-state index contributed by atoms with van der Waals surface area (Å²) in [6.45, 7) is 3.86. The number of esters is 1. The molecule has 2 aromatic carbocycles. The summed E-state index contributed by atoms with van der Waals surface area (Å²) in [5.41, 5.74) is 1.79. The molecule has 0 spiro atoms. The first kappa shape index (κ1) is 18.8. The van der Waals surface area contributed by atoms with Gasteiger partial charge in [-0.3, -0.25) is 4.79 Å². The van der Waals surface area contributed by atoms with E-state index in [1.165, 1.54) is 0 Å². The van der Waals surface area contributed by atoms with Crippen LogP contribution in [0, 0.1) is 0 Å². The van der Waals surface area contributed by atoms with Crippen molar-refractivity contribution in [1.82, 2.24) is 0 Å². The van der Waals surface area contributed by atoms with Gasteiger partial charge in [-0.05, 0) is 36.1 Å². The minimum atomic E-state index is -0.889. The highest BCUT2D eigenvalue weighted by Gasteiger charge is 2.29. The van der Waals surface area contributed by atoms with Gasteiger partial charge in [0.05, 0.1) is 0 Å². The van der Waals surface area contributed by atoms with Gasteiger partial charge in [0, 0.05) is 5.69 Å². The molecule has 1 aliphatic heterocycles. The molecular formula is C21H23NO5. The summed E-state index contributed by atoms with van der Waals surface area (Å²) >= 11 is 0. The molecule has 6 nitrogen and oxygen atoms in total. The second kappa shape index (κ2) is 8.58. The van der Waals surface area contributed by atoms with Gasteiger partial charge in [-0.25, -0.2) is 4.79 Å². The Hall–Kier alpha value is -3.02. The summed E-state index contributed by atoms with van der Waals surface area (Å²) in [6, 6.07) is 14.7. The predicted molar refractivity (Wildman–Crippen MR) is 101 cm³/mol. The maximum atomic E-state index is 12.2. The number of amides is 1. The fourth-order valence-corrected chi connectivity index (χ4v) is 2.81. The predicted octanol–water partition coefficient (Wildman–Crippen LogP) is 3.52. The number of hydrogen-bond donors (Lipinski definition) is 1. The Kier molecular flexibility index (Phi) is 5.96. The Morgan fingerprint density at radius 3 is 2.63 bits per heavy atom. The van der Waals surface area contributed by atoms with Crippen LogP contribution in [0.4, 0.5) is 5.69 Å². The fraction of sp³-hybridized carbons (Fsp3) is 0.333. The third-order valence-electron chi connectivity index (χ3n) is 4.50. The van der Waals surface area contributed by atoms with Gasteiger partial charge in [0.1, 0.15) is 6.61 Å². The highest BCUT2D eigenvalue weighted by molar-refractivity contribution is 5.93. The van der Waals surface area contributed by atoms with Crippen LogP contribution < -0.4 is 14.8 Å². The molecule has 6 heteroatoms. The summed E-state index contributed by atoms with van der Waals surface area (Å²) in [7, 11) is 0. The van der Waals surface area contributed by atoms with Crippen molar-refractivity contribution >= 4 is 17.6 Å². The van der Waals surface area contributed by atoms with Crippen molar-refractivity contribution in [1.29, 1.82) is 0 Å². The molecule has 1 N–H and O–H groups in total. The molecule has 0 radical (unpaired) electrons. The summed E-state index contributed by atoms with van der Waals surface area (Å²) in [6.07, 6.45) is 0.0719. The second-order valence-corrected chi connectivity index (χ2v) is 6.42. The lowest BCUT2D eigenvalue weighted by Crippen LogP contribution is -2.39. The molecule has 0 saturated carbocycles. The zero-order chi connectivity index (χ0) is 19.2. The average molecular weight is 369 g/mol. The Morgan fingerprint density at radius 1 is 1.15 bits per heavy atom. The number of nitrogens with one attached hydrogen (secondary N) is 1. The third-order valence-corrected chi connectivity index (χ3v) is 4.50. The van der Waals surface area contributed by atoms with Gasteiger partial charge in [-0.15, -0.1) is 0 Å². The standard InChI is InChI=1S/C21H23NO5/c1-3-14(2)15-8-4-5-9-16(15)22-20(23)13-26-21(24)19-12-25-17-10-6-7-11-18(17)27-19/h4-11,14,19H,3,12-13H2,1-2H3,(H,22,23)/t14-,19+/m1/s1. The normalized spacial score (nSPS) is 16.3. The summed E-state index contributed by atoms with van der Waals surface area (Å²) in [5, 5.41) is 2.81. The van der Waals surface area contributed by atoms with Crippen LogP contribution in [0.25, 0.3) is 0 Å². The number of rotatable bonds is 6. The number of para-hydroxylation sites is 3. The van der Waals surface area contributed by atoms with Crippen LogP contribution in [0.15, 0.2) is 48.5 Å². The van der Waals surface area contributed by atoms with Crippen molar-refractivity contribution in [3.05, 3.63) is 54.1 Å². The first-order valence-corrected chi connectivity index (χ1v) is 9.02. The average Bonchev–Trinajstić information content (AvgIpc) is 2.71. The van der Waals surface area contributed by atoms with Gasteiger partial charge >= 0.3 is 5.97 Å². The van der Waals surface area contributed by atoms with E-state index in [1.54, 1.807) is 18.2 Å². The first-order chi connectivity index (χ1) is 13.1. The summed E-state index contributed by atoms with van der Waals surface area (Å²) in [4.78, 5) is 24.4. The molecule has 0 aliphatic carbocycles. The molecule has 0 aromatic heterocycles. The zero-order valence-electron chi connectivity index (χ0n) is 15.4. The Bertz CT molecular complexity index is 820. The quantitative estimate of drug-likeness (QED) is 0.789. The van der Waals surface area contributed by atoms with E-state index in [1.807, 2.05) is 30.3 Å². The minimum absolute atomic E-state index is 0.0499. The smallest absolute Gasteiger partial charge is 0.351 e. The highest BCUT2D eigenvalue weighted by Crippen LogP contribution is 2.31. The van der Waals surface area contributed by atoms with Gasteiger partial charge in [-0.1, -0.05) is 44.2 Å². The molecular weight excluding hydrogens is 346 g/mol. The second-order valence-electron chi connectivity index (χ2n) is 6.42. The van der Waals surface area contributed by atoms with Crippen molar-refractivity contribution in [2.24, 2.45) is 0 Å². The maximum absolute atomic E-state index is 12.2. The van der Waals surface area contributed by atoms with Crippen LogP contribution in [0.5, 0.6) is 11.5 Å². The largest absolute Gasteiger partial charge is 0.485 e. The molecule has 27 heavy (non-hydrogen) atoms.